The van der Waals surface area contributed by atoms with Crippen LogP contribution in [0.3, 0.4) is 0 Å². The molecule has 3 aromatic rings. The number of sulfonamides is 1. The zero-order chi connectivity index (χ0) is 48.2. The van der Waals surface area contributed by atoms with Gasteiger partial charge in [-0.2, -0.15) is 0 Å². The van der Waals surface area contributed by atoms with Crippen LogP contribution < -0.4 is 41.4 Å². The van der Waals surface area contributed by atoms with Gasteiger partial charge in [0.05, 0.1) is 29.8 Å². The Balaban J connectivity index is 0.770. The largest absolute Gasteiger partial charge is 0.492 e. The molecular weight excluding hydrogens is 921 g/mol. The molecule has 7 rings (SSSR count). The number of nitrogens with one attached hydrogen (secondary N) is 6. The third-order valence-corrected chi connectivity index (χ3v) is 14.1. The van der Waals surface area contributed by atoms with Crippen molar-refractivity contribution in [2.75, 3.05) is 69.9 Å². The number of hydrogen-bond acceptors (Lipinski definition) is 15. The molecule has 20 nitrogen and oxygen atoms in total. The average Bonchev–Trinajstić information content (AvgIpc) is 4.07. The fourth-order valence-electron chi connectivity index (χ4n) is 8.15. The number of rotatable bonds is 23. The number of nitrogens with zero attached hydrogens (tertiary/aromatic N) is 2. The first kappa shape index (κ1) is 49.8. The lowest BCUT2D eigenvalue weighted by Crippen LogP contribution is -2.54. The van der Waals surface area contributed by atoms with Crippen molar-refractivity contribution >= 4 is 68.8 Å². The third kappa shape index (κ3) is 13.3. The standard InChI is InChI=1S/C46H56N8O12S2/c1-68(62,63)53-20-16-30(27-53)41(57)49-36(42(58)52-46-50-37(28-67-46)29-7-3-2-4-8-29)17-22-64-21-6-11-39(55)48-19-24-66-33-10-5-9-32(26-33)65-23-18-47-31-12-13-34-35(25-31)45(61)54(44(34)60)38-14-15-40(56)51-43(38)59/h2-5,7-10,12-13,25-26,30,36-38,46-47,50H,6,11,14-24,27-28H2,1H3,(H,48,55)(H,49,57)(H,52,58)(H,51,56,59)/t30?,36-,37?,38?,46?/m0/s1. The van der Waals surface area contributed by atoms with Gasteiger partial charge in [0.25, 0.3) is 11.8 Å². The highest BCUT2D eigenvalue weighted by Gasteiger charge is 2.45. The van der Waals surface area contributed by atoms with E-state index >= 15 is 0 Å². The van der Waals surface area contributed by atoms with Crippen LogP contribution in [0.15, 0.2) is 72.8 Å². The summed E-state index contributed by atoms with van der Waals surface area (Å²) in [4.78, 5) is 90.2. The van der Waals surface area contributed by atoms with Crippen molar-refractivity contribution in [2.24, 2.45) is 5.92 Å². The number of piperidine rings is 1. The SMILES string of the molecule is CS(=O)(=O)N1CCC(C(=O)N[C@@H](CCOCCCC(=O)NCCOc2cccc(OCCNc3ccc4c(c3)C(=O)N(C3CCC(=O)NC3=O)C4=O)c2)C(=O)NC2NC(c3ccccc3)CS2)C1. The van der Waals surface area contributed by atoms with Crippen molar-refractivity contribution in [1.82, 2.24) is 35.8 Å². The van der Waals surface area contributed by atoms with Gasteiger partial charge in [0, 0.05) is 69.2 Å². The normalized spacial score (nSPS) is 20.9. The van der Waals surface area contributed by atoms with E-state index in [1.54, 1.807) is 48.2 Å². The molecule has 3 fully saturated rings. The van der Waals surface area contributed by atoms with Gasteiger partial charge in [-0.1, -0.05) is 36.4 Å². The molecule has 4 unspecified atom stereocenters. The Morgan fingerprint density at radius 3 is 2.35 bits per heavy atom. The van der Waals surface area contributed by atoms with Crippen LogP contribution in [-0.4, -0.2) is 141 Å². The first-order valence-electron chi connectivity index (χ1n) is 22.5. The predicted molar refractivity (Wildman–Crippen MR) is 250 cm³/mol. The number of fused-ring (bicyclic) bond motifs is 1. The second-order valence-corrected chi connectivity index (χ2v) is 19.8. The number of amides is 7. The maximum absolute atomic E-state index is 13.5. The lowest BCUT2D eigenvalue weighted by molar-refractivity contribution is -0.136. The smallest absolute Gasteiger partial charge is 0.262 e. The summed E-state index contributed by atoms with van der Waals surface area (Å²) in [6.45, 7) is 1.76. The van der Waals surface area contributed by atoms with Crippen LogP contribution >= 0.6 is 11.8 Å². The first-order chi connectivity index (χ1) is 32.7. The number of benzene rings is 3. The molecule has 3 saturated heterocycles. The molecule has 7 amide bonds. The van der Waals surface area contributed by atoms with E-state index in [2.05, 4.69) is 31.9 Å². The van der Waals surface area contributed by atoms with Gasteiger partial charge in [-0.25, -0.2) is 12.7 Å². The van der Waals surface area contributed by atoms with Gasteiger partial charge in [0.1, 0.15) is 42.3 Å². The molecule has 68 heavy (non-hydrogen) atoms. The Morgan fingerprint density at radius 1 is 0.868 bits per heavy atom. The lowest BCUT2D eigenvalue weighted by atomic mass is 10.0. The van der Waals surface area contributed by atoms with Crippen LogP contribution in [0.5, 0.6) is 11.5 Å². The molecular formula is C46H56N8O12S2. The lowest BCUT2D eigenvalue weighted by Gasteiger charge is -2.27. The number of hydrogen-bond donors (Lipinski definition) is 6. The molecule has 0 radical (unpaired) electrons. The van der Waals surface area contributed by atoms with E-state index in [0.29, 0.717) is 36.6 Å². The van der Waals surface area contributed by atoms with E-state index < -0.39 is 57.6 Å². The van der Waals surface area contributed by atoms with Crippen LogP contribution in [0.1, 0.15) is 70.8 Å². The number of thioether (sulfide) groups is 1. The highest BCUT2D eigenvalue weighted by atomic mass is 32.2. The molecule has 364 valence electrons. The van der Waals surface area contributed by atoms with Crippen molar-refractivity contribution in [3.8, 4) is 11.5 Å². The molecule has 6 N–H and O–H groups in total. The average molecular weight is 977 g/mol. The molecule has 3 aromatic carbocycles. The van der Waals surface area contributed by atoms with Gasteiger partial charge < -0.3 is 35.5 Å². The number of imide groups is 2. The van der Waals surface area contributed by atoms with Crippen LogP contribution in [0.2, 0.25) is 0 Å². The van der Waals surface area contributed by atoms with Crippen molar-refractivity contribution in [3.05, 3.63) is 89.5 Å². The minimum absolute atomic E-state index is 0.0415. The minimum Gasteiger partial charge on any atom is -0.492 e. The predicted octanol–water partition coefficient (Wildman–Crippen LogP) is 1.50. The molecule has 4 aliphatic rings. The summed E-state index contributed by atoms with van der Waals surface area (Å²) >= 11 is 1.55. The number of anilines is 1. The Labute approximate surface area is 398 Å². The molecule has 0 bridgehead atoms. The van der Waals surface area contributed by atoms with E-state index in [0.717, 1.165) is 22.5 Å². The van der Waals surface area contributed by atoms with Crippen LogP contribution in [0.25, 0.3) is 0 Å². The maximum atomic E-state index is 13.5. The minimum atomic E-state index is -3.44. The van der Waals surface area contributed by atoms with Crippen molar-refractivity contribution in [1.29, 1.82) is 0 Å². The molecule has 0 spiro atoms. The van der Waals surface area contributed by atoms with Crippen molar-refractivity contribution < 1.29 is 56.2 Å². The monoisotopic (exact) mass is 976 g/mol. The molecule has 22 heteroatoms. The zero-order valence-corrected chi connectivity index (χ0v) is 39.2. The third-order valence-electron chi connectivity index (χ3n) is 11.8. The Bertz CT molecular complexity index is 2460. The van der Waals surface area contributed by atoms with Gasteiger partial charge in [-0.3, -0.25) is 49.1 Å². The van der Waals surface area contributed by atoms with E-state index in [-0.39, 0.29) is 106 Å². The topological polar surface area (TPSA) is 260 Å². The van der Waals surface area contributed by atoms with E-state index in [1.165, 1.54) is 10.4 Å². The Morgan fingerprint density at radius 2 is 1.62 bits per heavy atom. The van der Waals surface area contributed by atoms with Gasteiger partial charge >= 0.3 is 0 Å². The number of carbonyl (C=O) groups is 7. The van der Waals surface area contributed by atoms with Gasteiger partial charge in [0.15, 0.2) is 0 Å². The number of carbonyl (C=O) groups excluding carboxylic acids is 7. The van der Waals surface area contributed by atoms with Crippen molar-refractivity contribution in [3.63, 3.8) is 0 Å². The molecule has 0 saturated carbocycles. The van der Waals surface area contributed by atoms with Gasteiger partial charge in [0.2, 0.25) is 39.6 Å². The second kappa shape index (κ2) is 23.3. The summed E-state index contributed by atoms with van der Waals surface area (Å²) in [5.74, 6) is -1.97. The highest BCUT2D eigenvalue weighted by Crippen LogP contribution is 2.30. The molecule has 0 aromatic heterocycles. The fourth-order valence-corrected chi connectivity index (χ4v) is 10.2. The first-order valence-corrected chi connectivity index (χ1v) is 25.4. The van der Waals surface area contributed by atoms with E-state index in [9.17, 15) is 42.0 Å². The number of ether oxygens (including phenoxy) is 3. The summed E-state index contributed by atoms with van der Waals surface area (Å²) in [6, 6.07) is 19.8. The van der Waals surface area contributed by atoms with Crippen LogP contribution in [-0.2, 0) is 38.7 Å². The van der Waals surface area contributed by atoms with Crippen molar-refractivity contribution in [2.45, 2.75) is 62.1 Å². The second-order valence-electron chi connectivity index (χ2n) is 16.7. The molecule has 4 heterocycles. The van der Waals surface area contributed by atoms with E-state index in [4.69, 9.17) is 14.2 Å². The molecule has 0 aliphatic carbocycles. The summed E-state index contributed by atoms with van der Waals surface area (Å²) in [6.07, 6.45) is 2.38. The Hall–Kier alpha value is -6.07. The van der Waals surface area contributed by atoms with Crippen LogP contribution in [0, 0.1) is 5.92 Å². The zero-order valence-electron chi connectivity index (χ0n) is 37.5. The Kier molecular flexibility index (Phi) is 17.1. The highest BCUT2D eigenvalue weighted by molar-refractivity contribution is 8.00. The quantitative estimate of drug-likeness (QED) is 0.0582. The van der Waals surface area contributed by atoms with Gasteiger partial charge in [-0.05, 0) is 61.6 Å². The summed E-state index contributed by atoms with van der Waals surface area (Å²) < 4.78 is 42.8. The van der Waals surface area contributed by atoms with Crippen LogP contribution in [0.4, 0.5) is 5.69 Å². The molecule has 5 atom stereocenters. The maximum Gasteiger partial charge on any atom is 0.262 e. The van der Waals surface area contributed by atoms with E-state index in [1.807, 2.05) is 30.3 Å². The fraction of sp³-hybridized carbons (Fsp3) is 0.457. The molecule has 4 aliphatic heterocycles. The van der Waals surface area contributed by atoms with Gasteiger partial charge in [-0.15, -0.1) is 11.8 Å². The summed E-state index contributed by atoms with van der Waals surface area (Å²) in [5, 5.41) is 17.4. The summed E-state index contributed by atoms with van der Waals surface area (Å²) in [7, 11) is -3.44. The summed E-state index contributed by atoms with van der Waals surface area (Å²) in [5.41, 5.74) is 1.68.